The van der Waals surface area contributed by atoms with Gasteiger partial charge in [0.25, 0.3) is 0 Å². The van der Waals surface area contributed by atoms with Crippen molar-refractivity contribution in [3.05, 3.63) is 34.9 Å². The minimum Gasteiger partial charge on any atom is -0.333 e. The molecule has 1 atom stereocenters. The van der Waals surface area contributed by atoms with E-state index in [1.165, 1.54) is 0 Å². The summed E-state index contributed by atoms with van der Waals surface area (Å²) in [6.07, 6.45) is 0. The van der Waals surface area contributed by atoms with Crippen LogP contribution >= 0.6 is 11.6 Å². The van der Waals surface area contributed by atoms with Crippen molar-refractivity contribution < 1.29 is 4.79 Å². The molecule has 0 saturated carbocycles. The third-order valence-corrected chi connectivity index (χ3v) is 3.49. The lowest BCUT2D eigenvalue weighted by atomic mass is 10.0. The number of carbonyl (C=O) groups is 1. The quantitative estimate of drug-likeness (QED) is 0.892. The molecule has 18 heavy (non-hydrogen) atoms. The predicted molar refractivity (Wildman–Crippen MR) is 73.6 cm³/mol. The fourth-order valence-electron chi connectivity index (χ4n) is 2.31. The number of rotatable bonds is 2. The van der Waals surface area contributed by atoms with E-state index in [0.29, 0.717) is 0 Å². The Hall–Kier alpha value is -1.06. The number of carbonyl (C=O) groups excluding carboxylic acids is 1. The minimum absolute atomic E-state index is 0.0322. The van der Waals surface area contributed by atoms with Gasteiger partial charge in [-0.15, -0.1) is 0 Å². The first kappa shape index (κ1) is 13.4. The summed E-state index contributed by atoms with van der Waals surface area (Å²) in [5.74, 6) is 0.242. The number of amides is 1. The van der Waals surface area contributed by atoms with E-state index >= 15 is 0 Å². The summed E-state index contributed by atoms with van der Waals surface area (Å²) in [6.45, 7) is 6.29. The van der Waals surface area contributed by atoms with Crippen LogP contribution in [0.15, 0.2) is 24.3 Å². The zero-order valence-electron chi connectivity index (χ0n) is 10.8. The van der Waals surface area contributed by atoms with Gasteiger partial charge in [-0.05, 0) is 17.7 Å². The van der Waals surface area contributed by atoms with E-state index in [0.717, 1.165) is 30.2 Å². The first-order chi connectivity index (χ1) is 8.59. The Morgan fingerprint density at radius 1 is 1.50 bits per heavy atom. The molecule has 1 aromatic carbocycles. The van der Waals surface area contributed by atoms with Gasteiger partial charge in [-0.3, -0.25) is 4.79 Å². The summed E-state index contributed by atoms with van der Waals surface area (Å²) in [5.41, 5.74) is 1.10. The van der Waals surface area contributed by atoms with Crippen molar-refractivity contribution in [2.75, 3.05) is 19.6 Å². The highest BCUT2D eigenvalue weighted by molar-refractivity contribution is 6.30. The molecule has 98 valence electrons. The van der Waals surface area contributed by atoms with Crippen LogP contribution in [0.1, 0.15) is 25.5 Å². The van der Waals surface area contributed by atoms with Crippen molar-refractivity contribution in [3.8, 4) is 0 Å². The molecule has 2 rings (SSSR count). The van der Waals surface area contributed by atoms with Crippen molar-refractivity contribution >= 4 is 17.5 Å². The molecule has 4 heteroatoms. The molecule has 0 bridgehead atoms. The first-order valence-electron chi connectivity index (χ1n) is 6.36. The highest BCUT2D eigenvalue weighted by Gasteiger charge is 2.29. The number of nitrogens with zero attached hydrogens (tertiary/aromatic N) is 1. The molecule has 1 aromatic rings. The van der Waals surface area contributed by atoms with Crippen LogP contribution in [-0.4, -0.2) is 30.4 Å². The summed E-state index contributed by atoms with van der Waals surface area (Å²) >= 11 is 6.03. The van der Waals surface area contributed by atoms with Gasteiger partial charge in [0.2, 0.25) is 5.91 Å². The molecule has 1 aliphatic heterocycles. The summed E-state index contributed by atoms with van der Waals surface area (Å²) in [5, 5.41) is 4.06. The second-order valence-corrected chi connectivity index (χ2v) is 5.40. The Kier molecular flexibility index (Phi) is 4.25. The predicted octanol–water partition coefficient (Wildman–Crippen LogP) is 2.47. The molecule has 3 nitrogen and oxygen atoms in total. The Balaban J connectivity index is 2.25. The van der Waals surface area contributed by atoms with Gasteiger partial charge in [-0.25, -0.2) is 0 Å². The Morgan fingerprint density at radius 2 is 2.28 bits per heavy atom. The average molecular weight is 267 g/mol. The molecule has 1 aliphatic rings. The smallest absolute Gasteiger partial charge is 0.225 e. The minimum atomic E-state index is 0.0322. The van der Waals surface area contributed by atoms with Crippen molar-refractivity contribution in [3.63, 3.8) is 0 Å². The van der Waals surface area contributed by atoms with E-state index < -0.39 is 0 Å². The van der Waals surface area contributed by atoms with Gasteiger partial charge in [-0.2, -0.15) is 0 Å². The molecule has 0 aliphatic carbocycles. The van der Waals surface area contributed by atoms with E-state index in [9.17, 15) is 4.79 Å². The molecular formula is C14H19ClN2O. The molecule has 1 fully saturated rings. The molecule has 1 saturated heterocycles. The number of hydrogen-bond acceptors (Lipinski definition) is 2. The maximum absolute atomic E-state index is 12.2. The van der Waals surface area contributed by atoms with Gasteiger partial charge < -0.3 is 10.2 Å². The maximum atomic E-state index is 12.2. The second-order valence-electron chi connectivity index (χ2n) is 4.96. The van der Waals surface area contributed by atoms with Crippen LogP contribution in [0.3, 0.4) is 0 Å². The lowest BCUT2D eigenvalue weighted by molar-refractivity contribution is -0.137. The Labute approximate surface area is 113 Å². The fourth-order valence-corrected chi connectivity index (χ4v) is 2.51. The van der Waals surface area contributed by atoms with Crippen LogP contribution in [0.25, 0.3) is 0 Å². The Bertz CT molecular complexity index is 434. The lowest BCUT2D eigenvalue weighted by Gasteiger charge is -2.37. The standard InChI is InChI=1S/C14H19ClN2O/c1-10(2)14(18)17-7-6-16-9-13(17)11-4-3-5-12(15)8-11/h3-5,8,10,13,16H,6-7,9H2,1-2H3. The van der Waals surface area contributed by atoms with Crippen LogP contribution in [-0.2, 0) is 4.79 Å². The van der Waals surface area contributed by atoms with Crippen LogP contribution in [0.2, 0.25) is 5.02 Å². The second kappa shape index (κ2) is 5.72. The van der Waals surface area contributed by atoms with Crippen molar-refractivity contribution in [2.45, 2.75) is 19.9 Å². The SMILES string of the molecule is CC(C)C(=O)N1CCNCC1c1cccc(Cl)c1. The van der Waals surface area contributed by atoms with E-state index in [1.54, 1.807) is 0 Å². The number of piperazine rings is 1. The lowest BCUT2D eigenvalue weighted by Crippen LogP contribution is -2.49. The molecule has 0 spiro atoms. The van der Waals surface area contributed by atoms with Crippen LogP contribution in [0.4, 0.5) is 0 Å². The molecule has 0 radical (unpaired) electrons. The van der Waals surface area contributed by atoms with Crippen molar-refractivity contribution in [1.82, 2.24) is 10.2 Å². The monoisotopic (exact) mass is 266 g/mol. The number of nitrogens with one attached hydrogen (secondary N) is 1. The molecular weight excluding hydrogens is 248 g/mol. The summed E-state index contributed by atoms with van der Waals surface area (Å²) in [6, 6.07) is 7.86. The van der Waals surface area contributed by atoms with E-state index in [-0.39, 0.29) is 17.9 Å². The molecule has 1 N–H and O–H groups in total. The van der Waals surface area contributed by atoms with Crippen LogP contribution in [0.5, 0.6) is 0 Å². The highest BCUT2D eigenvalue weighted by atomic mass is 35.5. The van der Waals surface area contributed by atoms with Gasteiger partial charge >= 0.3 is 0 Å². The summed E-state index contributed by atoms with van der Waals surface area (Å²) in [7, 11) is 0. The highest BCUT2D eigenvalue weighted by Crippen LogP contribution is 2.25. The van der Waals surface area contributed by atoms with E-state index in [1.807, 2.05) is 43.0 Å². The van der Waals surface area contributed by atoms with E-state index in [2.05, 4.69) is 5.32 Å². The molecule has 1 heterocycles. The van der Waals surface area contributed by atoms with E-state index in [4.69, 9.17) is 11.6 Å². The third kappa shape index (κ3) is 2.85. The Morgan fingerprint density at radius 3 is 2.94 bits per heavy atom. The van der Waals surface area contributed by atoms with Crippen LogP contribution in [0, 0.1) is 5.92 Å². The number of benzene rings is 1. The summed E-state index contributed by atoms with van der Waals surface area (Å²) < 4.78 is 0. The largest absolute Gasteiger partial charge is 0.333 e. The zero-order chi connectivity index (χ0) is 13.1. The molecule has 1 unspecified atom stereocenters. The van der Waals surface area contributed by atoms with Crippen LogP contribution < -0.4 is 5.32 Å². The first-order valence-corrected chi connectivity index (χ1v) is 6.74. The number of halogens is 1. The van der Waals surface area contributed by atoms with Gasteiger partial charge in [-0.1, -0.05) is 37.6 Å². The van der Waals surface area contributed by atoms with Crippen molar-refractivity contribution in [1.29, 1.82) is 0 Å². The fraction of sp³-hybridized carbons (Fsp3) is 0.500. The maximum Gasteiger partial charge on any atom is 0.225 e. The third-order valence-electron chi connectivity index (χ3n) is 3.25. The van der Waals surface area contributed by atoms with Gasteiger partial charge in [0.15, 0.2) is 0 Å². The van der Waals surface area contributed by atoms with Gasteiger partial charge in [0, 0.05) is 30.6 Å². The normalized spacial score (nSPS) is 20.2. The van der Waals surface area contributed by atoms with Gasteiger partial charge in [0.05, 0.1) is 6.04 Å². The van der Waals surface area contributed by atoms with Gasteiger partial charge in [0.1, 0.15) is 0 Å². The molecule has 1 amide bonds. The topological polar surface area (TPSA) is 32.3 Å². The zero-order valence-corrected chi connectivity index (χ0v) is 11.6. The molecule has 0 aromatic heterocycles. The summed E-state index contributed by atoms with van der Waals surface area (Å²) in [4.78, 5) is 14.2. The van der Waals surface area contributed by atoms with Crippen molar-refractivity contribution in [2.24, 2.45) is 5.92 Å². The average Bonchev–Trinajstić information content (AvgIpc) is 2.38. The number of hydrogen-bond donors (Lipinski definition) is 1.